The second-order valence-corrected chi connectivity index (χ2v) is 5.13. The third kappa shape index (κ3) is 5.36. The van der Waals surface area contributed by atoms with Gasteiger partial charge in [-0.2, -0.15) is 0 Å². The molecule has 5 nitrogen and oxygen atoms in total. The minimum Gasteiger partial charge on any atom is -0.455 e. The van der Waals surface area contributed by atoms with Crippen LogP contribution in [-0.4, -0.2) is 41.5 Å². The lowest BCUT2D eigenvalue weighted by Crippen LogP contribution is -2.35. The summed E-state index contributed by atoms with van der Waals surface area (Å²) in [7, 11) is 0. The van der Waals surface area contributed by atoms with E-state index >= 15 is 0 Å². The molecule has 0 unspecified atom stereocenters. The predicted molar refractivity (Wildman–Crippen MR) is 78.5 cm³/mol. The number of carbonyl (C=O) groups excluding carboxylic acids is 2. The molecule has 1 rings (SSSR count). The first-order valence-electron chi connectivity index (χ1n) is 6.13. The number of thiazole rings is 1. The average Bonchev–Trinajstić information content (AvgIpc) is 2.81. The van der Waals surface area contributed by atoms with Crippen LogP contribution >= 0.6 is 11.3 Å². The predicted octanol–water partition coefficient (Wildman–Crippen LogP) is 1.74. The van der Waals surface area contributed by atoms with E-state index in [1.807, 2.05) is 6.92 Å². The maximum Gasteiger partial charge on any atom is 0.312 e. The van der Waals surface area contributed by atoms with Gasteiger partial charge < -0.3 is 9.64 Å². The fourth-order valence-electron chi connectivity index (χ4n) is 1.51. The van der Waals surface area contributed by atoms with Gasteiger partial charge in [-0.25, -0.2) is 4.98 Å². The summed E-state index contributed by atoms with van der Waals surface area (Å²) in [6.45, 7) is 9.54. The molecule has 0 aliphatic rings. The monoisotopic (exact) mass is 294 g/mol. The molecule has 0 N–H and O–H groups in total. The number of ether oxygens (including phenoxy) is 1. The number of aromatic nitrogens is 1. The Morgan fingerprint density at radius 2 is 2.05 bits per heavy atom. The fourth-order valence-corrected chi connectivity index (χ4v) is 2.12. The largest absolute Gasteiger partial charge is 0.455 e. The molecule has 0 fully saturated rings. The molecule has 108 valence electrons. The van der Waals surface area contributed by atoms with Gasteiger partial charge in [-0.1, -0.05) is 12.2 Å². The molecule has 0 spiro atoms. The fraction of sp³-hybridized carbons (Fsp3) is 0.357. The first-order chi connectivity index (χ1) is 9.56. The van der Waals surface area contributed by atoms with Crippen molar-refractivity contribution < 1.29 is 14.3 Å². The number of hydrogen-bond donors (Lipinski definition) is 0. The highest BCUT2D eigenvalue weighted by atomic mass is 32.1. The molecule has 20 heavy (non-hydrogen) atoms. The van der Waals surface area contributed by atoms with Crippen LogP contribution in [0.15, 0.2) is 30.7 Å². The van der Waals surface area contributed by atoms with Crippen molar-refractivity contribution in [3.05, 3.63) is 41.4 Å². The quantitative estimate of drug-likeness (QED) is 0.541. The van der Waals surface area contributed by atoms with Crippen molar-refractivity contribution >= 4 is 23.2 Å². The summed E-state index contributed by atoms with van der Waals surface area (Å²) in [6, 6.07) is 0. The molecule has 1 aromatic rings. The molecule has 0 radical (unpaired) electrons. The molecular weight excluding hydrogens is 276 g/mol. The van der Waals surface area contributed by atoms with Crippen molar-refractivity contribution in [3.8, 4) is 0 Å². The van der Waals surface area contributed by atoms with Gasteiger partial charge in [0.05, 0.1) is 17.1 Å². The normalized spacial score (nSPS) is 9.85. The van der Waals surface area contributed by atoms with Gasteiger partial charge in [0.1, 0.15) is 0 Å². The zero-order chi connectivity index (χ0) is 15.0. The van der Waals surface area contributed by atoms with Crippen LogP contribution in [0.25, 0.3) is 0 Å². The van der Waals surface area contributed by atoms with E-state index in [0.717, 1.165) is 5.01 Å². The molecule has 1 heterocycles. The van der Waals surface area contributed by atoms with Crippen molar-refractivity contribution in [3.63, 3.8) is 0 Å². The first-order valence-corrected chi connectivity index (χ1v) is 7.01. The molecule has 0 aliphatic carbocycles. The lowest BCUT2D eigenvalue weighted by Gasteiger charge is -2.18. The Hall–Kier alpha value is -1.95. The van der Waals surface area contributed by atoms with E-state index in [9.17, 15) is 9.59 Å². The highest BCUT2D eigenvalue weighted by Crippen LogP contribution is 2.08. The van der Waals surface area contributed by atoms with Crippen LogP contribution in [0, 0.1) is 6.92 Å². The summed E-state index contributed by atoms with van der Waals surface area (Å²) in [5.41, 5.74) is 0.666. The maximum absolute atomic E-state index is 11.8. The molecule has 0 atom stereocenters. The van der Waals surface area contributed by atoms with Gasteiger partial charge in [-0.15, -0.1) is 24.5 Å². The van der Waals surface area contributed by atoms with E-state index in [-0.39, 0.29) is 18.9 Å². The van der Waals surface area contributed by atoms with Gasteiger partial charge in [-0.05, 0) is 6.92 Å². The van der Waals surface area contributed by atoms with Gasteiger partial charge in [0.2, 0.25) is 0 Å². The average molecular weight is 294 g/mol. The molecule has 0 saturated carbocycles. The van der Waals surface area contributed by atoms with Crippen LogP contribution in [0.2, 0.25) is 0 Å². The van der Waals surface area contributed by atoms with Crippen molar-refractivity contribution in [1.82, 2.24) is 9.88 Å². The SMILES string of the molecule is C=CCN(CC=C)C(=O)COC(=O)Cc1csc(C)n1. The highest BCUT2D eigenvalue weighted by Gasteiger charge is 2.14. The molecule has 0 aromatic carbocycles. The van der Waals surface area contributed by atoms with Crippen molar-refractivity contribution in [2.45, 2.75) is 13.3 Å². The Morgan fingerprint density at radius 1 is 1.40 bits per heavy atom. The standard InChI is InChI=1S/C14H18N2O3S/c1-4-6-16(7-5-2)13(17)9-19-14(18)8-12-10-20-11(3)15-12/h4-5,10H,1-2,6-9H2,3H3. The molecule has 0 bridgehead atoms. The minimum atomic E-state index is -0.458. The molecule has 0 aliphatic heterocycles. The summed E-state index contributed by atoms with van der Waals surface area (Å²) < 4.78 is 4.96. The summed E-state index contributed by atoms with van der Waals surface area (Å²) in [4.78, 5) is 29.1. The van der Waals surface area contributed by atoms with E-state index in [1.165, 1.54) is 16.2 Å². The number of esters is 1. The second-order valence-electron chi connectivity index (χ2n) is 4.07. The number of hydrogen-bond acceptors (Lipinski definition) is 5. The maximum atomic E-state index is 11.8. The van der Waals surface area contributed by atoms with Gasteiger partial charge in [0.25, 0.3) is 5.91 Å². The third-order valence-corrected chi connectivity index (χ3v) is 3.22. The Labute approximate surface area is 122 Å². The highest BCUT2D eigenvalue weighted by molar-refractivity contribution is 7.09. The Kier molecular flexibility index (Phi) is 6.66. The smallest absolute Gasteiger partial charge is 0.312 e. The zero-order valence-electron chi connectivity index (χ0n) is 11.5. The summed E-state index contributed by atoms with van der Waals surface area (Å²) in [6.07, 6.45) is 3.31. The van der Waals surface area contributed by atoms with Crippen LogP contribution in [-0.2, 0) is 20.7 Å². The lowest BCUT2D eigenvalue weighted by atomic mass is 10.3. The lowest BCUT2D eigenvalue weighted by molar-refractivity contribution is -0.151. The number of amides is 1. The third-order valence-electron chi connectivity index (χ3n) is 2.40. The van der Waals surface area contributed by atoms with E-state index in [4.69, 9.17) is 4.74 Å². The number of aryl methyl sites for hydroxylation is 1. The number of rotatable bonds is 8. The molecular formula is C14H18N2O3S. The second kappa shape index (κ2) is 8.27. The Morgan fingerprint density at radius 3 is 2.55 bits per heavy atom. The van der Waals surface area contributed by atoms with E-state index in [1.54, 1.807) is 17.5 Å². The van der Waals surface area contributed by atoms with Gasteiger partial charge in [0, 0.05) is 18.5 Å². The van der Waals surface area contributed by atoms with Crippen molar-refractivity contribution in [2.75, 3.05) is 19.7 Å². The van der Waals surface area contributed by atoms with Crippen LogP contribution in [0.3, 0.4) is 0 Å². The van der Waals surface area contributed by atoms with Crippen molar-refractivity contribution in [2.24, 2.45) is 0 Å². The van der Waals surface area contributed by atoms with E-state index in [2.05, 4.69) is 18.1 Å². The summed E-state index contributed by atoms with van der Waals surface area (Å²) in [5.74, 6) is -0.728. The van der Waals surface area contributed by atoms with E-state index in [0.29, 0.717) is 18.8 Å². The van der Waals surface area contributed by atoms with Crippen LogP contribution < -0.4 is 0 Å². The first kappa shape index (κ1) is 16.1. The summed E-state index contributed by atoms with van der Waals surface area (Å²) in [5, 5.41) is 2.70. The van der Waals surface area contributed by atoms with Gasteiger partial charge in [-0.3, -0.25) is 9.59 Å². The summed E-state index contributed by atoms with van der Waals surface area (Å²) >= 11 is 1.47. The molecule has 1 aromatic heterocycles. The molecule has 1 amide bonds. The van der Waals surface area contributed by atoms with Crippen LogP contribution in [0.1, 0.15) is 10.7 Å². The van der Waals surface area contributed by atoms with Crippen LogP contribution in [0.5, 0.6) is 0 Å². The Balaban J connectivity index is 2.40. The number of nitrogens with zero attached hydrogens (tertiary/aromatic N) is 2. The minimum absolute atomic E-state index is 0.0839. The number of carbonyl (C=O) groups is 2. The zero-order valence-corrected chi connectivity index (χ0v) is 12.3. The van der Waals surface area contributed by atoms with Gasteiger partial charge in [0.15, 0.2) is 6.61 Å². The molecule has 6 heteroatoms. The Bertz CT molecular complexity index is 486. The van der Waals surface area contributed by atoms with Crippen LogP contribution in [0.4, 0.5) is 0 Å². The van der Waals surface area contributed by atoms with E-state index < -0.39 is 5.97 Å². The van der Waals surface area contributed by atoms with Gasteiger partial charge >= 0.3 is 5.97 Å². The van der Waals surface area contributed by atoms with Crippen molar-refractivity contribution in [1.29, 1.82) is 0 Å². The molecule has 0 saturated heterocycles. The topological polar surface area (TPSA) is 59.5 Å².